The van der Waals surface area contributed by atoms with Crippen LogP contribution < -0.4 is 14.8 Å². The lowest BCUT2D eigenvalue weighted by molar-refractivity contribution is 0.234. The number of hydrogen-bond acceptors (Lipinski definition) is 5. The minimum atomic E-state index is -4.58. The summed E-state index contributed by atoms with van der Waals surface area (Å²) in [6.45, 7) is 1.16. The Morgan fingerprint density at radius 1 is 0.917 bits per heavy atom. The molecule has 0 unspecified atom stereocenters. The van der Waals surface area contributed by atoms with Gasteiger partial charge in [0, 0.05) is 23.9 Å². The fourth-order valence-corrected chi connectivity index (χ4v) is 2.96. The average molecular weight is 355 g/mol. The summed E-state index contributed by atoms with van der Waals surface area (Å²) in [5.41, 5.74) is 1.28. The lowest BCUT2D eigenvalue weighted by atomic mass is 10.2. The molecule has 1 aliphatic rings. The quantitative estimate of drug-likeness (QED) is 0.908. The topological polar surface area (TPSA) is 64.6 Å². The van der Waals surface area contributed by atoms with Crippen LogP contribution >= 0.6 is 0 Å². The summed E-state index contributed by atoms with van der Waals surface area (Å²) in [6, 6.07) is 10.5. The lowest BCUT2D eigenvalue weighted by Crippen LogP contribution is -2.11. The molecule has 1 N–H and O–H groups in total. The van der Waals surface area contributed by atoms with Crippen LogP contribution in [0, 0.1) is 0 Å². The van der Waals surface area contributed by atoms with E-state index in [2.05, 4.69) is 5.32 Å². The first-order chi connectivity index (χ1) is 11.5. The summed E-state index contributed by atoms with van der Waals surface area (Å²) in [5.74, 6) is -2.15. The molecule has 0 aliphatic carbocycles. The van der Waals surface area contributed by atoms with Gasteiger partial charge in [-0.05, 0) is 36.4 Å². The van der Waals surface area contributed by atoms with Crippen LogP contribution in [0.2, 0.25) is 0 Å². The van der Waals surface area contributed by atoms with Gasteiger partial charge in [-0.25, -0.2) is 8.42 Å². The summed E-state index contributed by atoms with van der Waals surface area (Å²) in [7, 11) is -4.58. The van der Waals surface area contributed by atoms with Gasteiger partial charge in [-0.2, -0.15) is 8.78 Å². The molecule has 0 aromatic heterocycles. The Labute approximate surface area is 138 Å². The van der Waals surface area contributed by atoms with Gasteiger partial charge in [0.05, 0.1) is 18.1 Å². The Kier molecular flexibility index (Phi) is 4.57. The third kappa shape index (κ3) is 3.43. The molecule has 0 saturated heterocycles. The SMILES string of the molecule is O=S(=O)(c1ccc(Nc2ccc3c(c2)OCCCO3)cc1)C(F)F. The predicted molar refractivity (Wildman–Crippen MR) is 85.0 cm³/mol. The van der Waals surface area contributed by atoms with Crippen molar-refractivity contribution in [3.63, 3.8) is 0 Å². The Morgan fingerprint density at radius 3 is 2.21 bits per heavy atom. The number of rotatable bonds is 4. The molecule has 0 amide bonds. The van der Waals surface area contributed by atoms with E-state index in [9.17, 15) is 17.2 Å². The molecule has 5 nitrogen and oxygen atoms in total. The first-order valence-electron chi connectivity index (χ1n) is 7.25. The summed E-state index contributed by atoms with van der Waals surface area (Å²) >= 11 is 0. The zero-order valence-electron chi connectivity index (χ0n) is 12.5. The van der Waals surface area contributed by atoms with E-state index in [1.54, 1.807) is 18.2 Å². The molecule has 1 heterocycles. The Morgan fingerprint density at radius 2 is 1.54 bits per heavy atom. The minimum absolute atomic E-state index is 0.415. The molecule has 2 aromatic carbocycles. The maximum atomic E-state index is 12.5. The van der Waals surface area contributed by atoms with Crippen LogP contribution in [-0.2, 0) is 9.84 Å². The molecule has 2 aromatic rings. The molecule has 0 atom stereocenters. The monoisotopic (exact) mass is 355 g/mol. The number of anilines is 2. The van der Waals surface area contributed by atoms with Crippen LogP contribution in [0.5, 0.6) is 11.5 Å². The zero-order valence-corrected chi connectivity index (χ0v) is 13.4. The van der Waals surface area contributed by atoms with Gasteiger partial charge in [0.1, 0.15) is 0 Å². The normalized spacial score (nSPS) is 14.3. The first-order valence-corrected chi connectivity index (χ1v) is 8.80. The Balaban J connectivity index is 1.78. The third-order valence-electron chi connectivity index (χ3n) is 3.45. The second-order valence-electron chi connectivity index (χ2n) is 5.17. The third-order valence-corrected chi connectivity index (χ3v) is 4.85. The van der Waals surface area contributed by atoms with Crippen LogP contribution in [0.25, 0.3) is 0 Å². The molecule has 0 radical (unpaired) electrons. The van der Waals surface area contributed by atoms with Crippen molar-refractivity contribution in [3.8, 4) is 11.5 Å². The van der Waals surface area contributed by atoms with Crippen LogP contribution in [0.3, 0.4) is 0 Å². The Hall–Kier alpha value is -2.35. The second-order valence-corrected chi connectivity index (χ2v) is 7.08. The maximum absolute atomic E-state index is 12.5. The molecule has 3 rings (SSSR count). The van der Waals surface area contributed by atoms with Gasteiger partial charge in [-0.3, -0.25) is 0 Å². The van der Waals surface area contributed by atoms with Gasteiger partial charge in [-0.1, -0.05) is 0 Å². The highest BCUT2D eigenvalue weighted by atomic mass is 32.2. The van der Waals surface area contributed by atoms with Gasteiger partial charge in [0.2, 0.25) is 9.84 Å². The molecular weight excluding hydrogens is 340 g/mol. The van der Waals surface area contributed by atoms with Crippen molar-refractivity contribution in [3.05, 3.63) is 42.5 Å². The van der Waals surface area contributed by atoms with Gasteiger partial charge < -0.3 is 14.8 Å². The van der Waals surface area contributed by atoms with E-state index in [4.69, 9.17) is 9.47 Å². The van der Waals surface area contributed by atoms with Crippen molar-refractivity contribution in [2.75, 3.05) is 18.5 Å². The number of alkyl halides is 2. The number of sulfone groups is 1. The molecule has 128 valence electrons. The molecule has 0 spiro atoms. The Bertz CT molecular complexity index is 822. The van der Waals surface area contributed by atoms with Crippen LogP contribution in [-0.4, -0.2) is 27.4 Å². The van der Waals surface area contributed by atoms with E-state index >= 15 is 0 Å². The fourth-order valence-electron chi connectivity index (χ4n) is 2.24. The standard InChI is InChI=1S/C16H15F2NO4S/c17-16(18)24(20,21)13-5-2-11(3-6-13)19-12-4-7-14-15(10-12)23-9-1-8-22-14/h2-7,10,16,19H,1,8-9H2. The lowest BCUT2D eigenvalue weighted by Gasteiger charge is -2.11. The van der Waals surface area contributed by atoms with E-state index in [1.807, 2.05) is 0 Å². The van der Waals surface area contributed by atoms with Crippen molar-refractivity contribution in [1.82, 2.24) is 0 Å². The number of ether oxygens (including phenoxy) is 2. The first kappa shape index (κ1) is 16.5. The number of benzene rings is 2. The van der Waals surface area contributed by atoms with Crippen molar-refractivity contribution >= 4 is 21.2 Å². The fraction of sp³-hybridized carbons (Fsp3) is 0.250. The zero-order chi connectivity index (χ0) is 17.2. The summed E-state index contributed by atoms with van der Waals surface area (Å²) in [4.78, 5) is -0.415. The summed E-state index contributed by atoms with van der Waals surface area (Å²) < 4.78 is 58.9. The maximum Gasteiger partial charge on any atom is 0.341 e. The molecule has 0 saturated carbocycles. The van der Waals surface area contributed by atoms with Crippen molar-refractivity contribution in [1.29, 1.82) is 0 Å². The van der Waals surface area contributed by atoms with Crippen LogP contribution in [0.4, 0.5) is 20.2 Å². The second kappa shape index (κ2) is 6.64. The molecular formula is C16H15F2NO4S. The highest BCUT2D eigenvalue weighted by Crippen LogP contribution is 2.33. The molecule has 8 heteroatoms. The van der Waals surface area contributed by atoms with Gasteiger partial charge in [-0.15, -0.1) is 0 Å². The van der Waals surface area contributed by atoms with Gasteiger partial charge in [0.15, 0.2) is 11.5 Å². The molecule has 1 aliphatic heterocycles. The van der Waals surface area contributed by atoms with Crippen molar-refractivity contribution in [2.45, 2.75) is 17.1 Å². The van der Waals surface area contributed by atoms with Crippen molar-refractivity contribution < 1.29 is 26.7 Å². The molecule has 24 heavy (non-hydrogen) atoms. The minimum Gasteiger partial charge on any atom is -0.490 e. The number of nitrogens with one attached hydrogen (secondary N) is 1. The highest BCUT2D eigenvalue weighted by Gasteiger charge is 2.26. The highest BCUT2D eigenvalue weighted by molar-refractivity contribution is 7.91. The number of hydrogen-bond donors (Lipinski definition) is 1. The van der Waals surface area contributed by atoms with Gasteiger partial charge in [0.25, 0.3) is 0 Å². The van der Waals surface area contributed by atoms with E-state index in [1.165, 1.54) is 12.1 Å². The van der Waals surface area contributed by atoms with Crippen LogP contribution in [0.1, 0.15) is 6.42 Å². The van der Waals surface area contributed by atoms with Gasteiger partial charge >= 0.3 is 5.76 Å². The van der Waals surface area contributed by atoms with Crippen LogP contribution in [0.15, 0.2) is 47.4 Å². The average Bonchev–Trinajstić information content (AvgIpc) is 2.80. The van der Waals surface area contributed by atoms with Crippen molar-refractivity contribution in [2.24, 2.45) is 0 Å². The van der Waals surface area contributed by atoms with E-state index in [0.717, 1.165) is 18.6 Å². The molecule has 0 bridgehead atoms. The van der Waals surface area contributed by atoms with E-state index in [0.29, 0.717) is 36.1 Å². The van der Waals surface area contributed by atoms with E-state index < -0.39 is 20.5 Å². The molecule has 0 fully saturated rings. The number of halogens is 2. The largest absolute Gasteiger partial charge is 0.490 e. The predicted octanol–water partition coefficient (Wildman–Crippen LogP) is 3.59. The van der Waals surface area contributed by atoms with E-state index in [-0.39, 0.29) is 0 Å². The smallest absolute Gasteiger partial charge is 0.341 e. The summed E-state index contributed by atoms with van der Waals surface area (Å²) in [5, 5.41) is 3.06. The summed E-state index contributed by atoms with van der Waals surface area (Å²) in [6.07, 6.45) is 0.803. The number of fused-ring (bicyclic) bond motifs is 1.